The van der Waals surface area contributed by atoms with Crippen molar-refractivity contribution in [3.8, 4) is 0 Å². The van der Waals surface area contributed by atoms with E-state index in [4.69, 9.17) is 0 Å². The van der Waals surface area contributed by atoms with Gasteiger partial charge in [-0.2, -0.15) is 13.2 Å². The Morgan fingerprint density at radius 2 is 1.76 bits per heavy atom. The highest BCUT2D eigenvalue weighted by atomic mass is 19.4. The van der Waals surface area contributed by atoms with Crippen LogP contribution >= 0.6 is 0 Å². The fourth-order valence-electron chi connectivity index (χ4n) is 2.62. The first-order valence-electron chi connectivity index (χ1n) is 7.68. The van der Waals surface area contributed by atoms with Crippen LogP contribution in [0.5, 0.6) is 0 Å². The third-order valence-corrected chi connectivity index (χ3v) is 3.98. The van der Waals surface area contributed by atoms with Gasteiger partial charge in [-0.15, -0.1) is 0 Å². The second-order valence-corrected chi connectivity index (χ2v) is 5.69. The number of halogens is 3. The highest BCUT2D eigenvalue weighted by molar-refractivity contribution is 6.06. The highest BCUT2D eigenvalue weighted by Crippen LogP contribution is 2.30. The molecule has 0 unspecified atom stereocenters. The molecule has 1 N–H and O–H groups in total. The number of amides is 1. The fourth-order valence-corrected chi connectivity index (χ4v) is 2.62. The topological polar surface area (TPSA) is 42.0 Å². The van der Waals surface area contributed by atoms with Gasteiger partial charge in [0.2, 0.25) is 0 Å². The summed E-state index contributed by atoms with van der Waals surface area (Å²) in [6, 6.07) is 13.1. The zero-order valence-corrected chi connectivity index (χ0v) is 13.3. The van der Waals surface area contributed by atoms with Crippen LogP contribution in [0.15, 0.2) is 60.8 Å². The molecule has 6 heteroatoms. The maximum Gasteiger partial charge on any atom is 0.416 e. The van der Waals surface area contributed by atoms with Gasteiger partial charge in [0.15, 0.2) is 0 Å². The van der Waals surface area contributed by atoms with E-state index in [1.807, 2.05) is 6.07 Å². The minimum atomic E-state index is -4.37. The lowest BCUT2D eigenvalue weighted by atomic mass is 10.0. The zero-order valence-electron chi connectivity index (χ0n) is 13.3. The smallest absolute Gasteiger partial charge is 0.345 e. The van der Waals surface area contributed by atoms with E-state index < -0.39 is 17.8 Å². The SMILES string of the molecule is C[C@H](NC(=O)c1cccc2ncccc12)c1ccc(C(F)(F)F)cc1. The first-order valence-corrected chi connectivity index (χ1v) is 7.68. The Bertz CT molecular complexity index is 899. The van der Waals surface area contributed by atoms with E-state index in [1.165, 1.54) is 12.1 Å². The van der Waals surface area contributed by atoms with Crippen molar-refractivity contribution in [2.75, 3.05) is 0 Å². The van der Waals surface area contributed by atoms with Crippen molar-refractivity contribution < 1.29 is 18.0 Å². The van der Waals surface area contributed by atoms with Gasteiger partial charge >= 0.3 is 6.18 Å². The van der Waals surface area contributed by atoms with Crippen molar-refractivity contribution in [3.63, 3.8) is 0 Å². The summed E-state index contributed by atoms with van der Waals surface area (Å²) >= 11 is 0. The van der Waals surface area contributed by atoms with Gasteiger partial charge in [-0.25, -0.2) is 0 Å². The van der Waals surface area contributed by atoms with E-state index in [0.717, 1.165) is 17.5 Å². The van der Waals surface area contributed by atoms with Crippen molar-refractivity contribution in [1.29, 1.82) is 0 Å². The van der Waals surface area contributed by atoms with Gasteiger partial charge < -0.3 is 5.32 Å². The van der Waals surface area contributed by atoms with Crippen LogP contribution in [0.2, 0.25) is 0 Å². The van der Waals surface area contributed by atoms with Gasteiger partial charge in [0.1, 0.15) is 0 Å². The molecule has 3 rings (SSSR count). The standard InChI is InChI=1S/C19H15F3N2O/c1-12(13-7-9-14(10-8-13)19(20,21)22)24-18(25)16-4-2-6-17-15(16)5-3-11-23-17/h2-12H,1H3,(H,24,25)/t12-/m0/s1. The molecule has 0 saturated heterocycles. The summed E-state index contributed by atoms with van der Waals surface area (Å²) in [5.41, 5.74) is 1.07. The summed E-state index contributed by atoms with van der Waals surface area (Å²) in [5, 5.41) is 3.54. The Morgan fingerprint density at radius 3 is 2.44 bits per heavy atom. The Labute approximate surface area is 142 Å². The maximum absolute atomic E-state index is 12.6. The second kappa shape index (κ2) is 6.55. The number of alkyl halides is 3. The molecular formula is C19H15F3N2O. The van der Waals surface area contributed by atoms with Crippen LogP contribution < -0.4 is 5.32 Å². The zero-order chi connectivity index (χ0) is 18.0. The normalized spacial score (nSPS) is 12.8. The van der Waals surface area contributed by atoms with Crippen LogP contribution in [0.4, 0.5) is 13.2 Å². The van der Waals surface area contributed by atoms with Crippen LogP contribution in [-0.2, 0) is 6.18 Å². The lowest BCUT2D eigenvalue weighted by Crippen LogP contribution is -2.26. The van der Waals surface area contributed by atoms with E-state index in [1.54, 1.807) is 37.4 Å². The first kappa shape index (κ1) is 17.0. The Morgan fingerprint density at radius 1 is 1.04 bits per heavy atom. The number of nitrogens with one attached hydrogen (secondary N) is 1. The summed E-state index contributed by atoms with van der Waals surface area (Å²) in [6.45, 7) is 1.73. The molecular weight excluding hydrogens is 329 g/mol. The molecule has 0 aliphatic rings. The summed E-state index contributed by atoms with van der Waals surface area (Å²) < 4.78 is 37.9. The number of fused-ring (bicyclic) bond motifs is 1. The molecule has 0 aliphatic carbocycles. The number of rotatable bonds is 3. The number of pyridine rings is 1. The molecule has 0 aliphatic heterocycles. The molecule has 3 aromatic rings. The maximum atomic E-state index is 12.6. The lowest BCUT2D eigenvalue weighted by molar-refractivity contribution is -0.137. The number of nitrogens with zero attached hydrogens (tertiary/aromatic N) is 1. The first-order chi connectivity index (χ1) is 11.9. The van der Waals surface area contributed by atoms with Gasteiger partial charge in [-0.3, -0.25) is 9.78 Å². The number of hydrogen-bond acceptors (Lipinski definition) is 2. The van der Waals surface area contributed by atoms with Gasteiger partial charge in [-0.05, 0) is 42.8 Å². The van der Waals surface area contributed by atoms with E-state index in [2.05, 4.69) is 10.3 Å². The molecule has 1 aromatic heterocycles. The van der Waals surface area contributed by atoms with Crippen LogP contribution in [0, 0.1) is 0 Å². The number of carbonyl (C=O) groups excluding carboxylic acids is 1. The lowest BCUT2D eigenvalue weighted by Gasteiger charge is -2.16. The molecule has 0 fully saturated rings. The van der Waals surface area contributed by atoms with E-state index >= 15 is 0 Å². The van der Waals surface area contributed by atoms with Crippen LogP contribution in [0.25, 0.3) is 10.9 Å². The number of benzene rings is 2. The Hall–Kier alpha value is -2.89. The molecule has 0 saturated carbocycles. The fraction of sp³-hybridized carbons (Fsp3) is 0.158. The minimum Gasteiger partial charge on any atom is -0.345 e. The number of carbonyl (C=O) groups is 1. The minimum absolute atomic E-state index is 0.300. The monoisotopic (exact) mass is 344 g/mol. The summed E-state index contributed by atoms with van der Waals surface area (Å²) in [6.07, 6.45) is -2.73. The van der Waals surface area contributed by atoms with Crippen molar-refractivity contribution in [1.82, 2.24) is 10.3 Å². The molecule has 1 atom stereocenters. The average molecular weight is 344 g/mol. The molecule has 25 heavy (non-hydrogen) atoms. The third kappa shape index (κ3) is 3.63. The number of aromatic nitrogens is 1. The number of hydrogen-bond donors (Lipinski definition) is 1. The predicted molar refractivity (Wildman–Crippen MR) is 89.1 cm³/mol. The van der Waals surface area contributed by atoms with Crippen LogP contribution in [0.3, 0.4) is 0 Å². The average Bonchev–Trinajstić information content (AvgIpc) is 2.60. The molecule has 2 aromatic carbocycles. The quantitative estimate of drug-likeness (QED) is 0.745. The Kier molecular flexibility index (Phi) is 4.44. The Balaban J connectivity index is 1.80. The molecule has 0 spiro atoms. The van der Waals surface area contributed by atoms with Crippen molar-refractivity contribution >= 4 is 16.8 Å². The van der Waals surface area contributed by atoms with Crippen molar-refractivity contribution in [2.24, 2.45) is 0 Å². The summed E-state index contributed by atoms with van der Waals surface area (Å²) in [4.78, 5) is 16.8. The largest absolute Gasteiger partial charge is 0.416 e. The van der Waals surface area contributed by atoms with Crippen molar-refractivity contribution in [3.05, 3.63) is 77.5 Å². The van der Waals surface area contributed by atoms with E-state index in [0.29, 0.717) is 16.6 Å². The molecule has 0 radical (unpaired) electrons. The molecule has 1 heterocycles. The van der Waals surface area contributed by atoms with E-state index in [-0.39, 0.29) is 5.91 Å². The third-order valence-electron chi connectivity index (χ3n) is 3.98. The second-order valence-electron chi connectivity index (χ2n) is 5.69. The molecule has 1 amide bonds. The highest BCUT2D eigenvalue weighted by Gasteiger charge is 2.30. The molecule has 0 bridgehead atoms. The summed E-state index contributed by atoms with van der Waals surface area (Å²) in [7, 11) is 0. The van der Waals surface area contributed by atoms with Crippen LogP contribution in [0.1, 0.15) is 34.5 Å². The van der Waals surface area contributed by atoms with Gasteiger partial charge in [0.05, 0.1) is 17.1 Å². The van der Waals surface area contributed by atoms with Crippen molar-refractivity contribution in [2.45, 2.75) is 19.1 Å². The summed E-state index contributed by atoms with van der Waals surface area (Å²) in [5.74, 6) is -0.300. The van der Waals surface area contributed by atoms with Crippen LogP contribution in [-0.4, -0.2) is 10.9 Å². The molecule has 3 nitrogen and oxygen atoms in total. The predicted octanol–water partition coefficient (Wildman–Crippen LogP) is 4.74. The molecule has 128 valence electrons. The van der Waals surface area contributed by atoms with Gasteiger partial charge in [0, 0.05) is 17.1 Å². The van der Waals surface area contributed by atoms with Gasteiger partial charge in [-0.1, -0.05) is 24.3 Å². The van der Waals surface area contributed by atoms with Gasteiger partial charge in [0.25, 0.3) is 5.91 Å². The van der Waals surface area contributed by atoms with E-state index in [9.17, 15) is 18.0 Å².